The van der Waals surface area contributed by atoms with E-state index in [0.717, 1.165) is 38.5 Å². The first-order valence-electron chi connectivity index (χ1n) is 10.0. The number of aliphatic hydroxyl groups excluding tert-OH is 1. The van der Waals surface area contributed by atoms with E-state index in [1.165, 1.54) is 32.1 Å². The second-order valence-corrected chi connectivity index (χ2v) is 8.76. The summed E-state index contributed by atoms with van der Waals surface area (Å²) in [6, 6.07) is 0. The van der Waals surface area contributed by atoms with E-state index in [0.29, 0.717) is 25.7 Å². The van der Waals surface area contributed by atoms with E-state index in [1.54, 1.807) is 0 Å². The van der Waals surface area contributed by atoms with Gasteiger partial charge in [-0.25, -0.2) is 8.42 Å². The van der Waals surface area contributed by atoms with Gasteiger partial charge in [-0.15, -0.1) is 0 Å². The van der Waals surface area contributed by atoms with Gasteiger partial charge in [-0.1, -0.05) is 84.5 Å². The monoisotopic (exact) mass is 386 g/mol. The molecule has 0 bridgehead atoms. The Morgan fingerprint density at radius 3 is 1.68 bits per heavy atom. The first-order chi connectivity index (χ1) is 11.4. The summed E-state index contributed by atoms with van der Waals surface area (Å²) in [5.41, 5.74) is 0. The average Bonchev–Trinajstić information content (AvgIpc) is 2.51. The first kappa shape index (κ1) is 28.1. The van der Waals surface area contributed by atoms with Crippen LogP contribution in [0.3, 0.4) is 0 Å². The predicted molar refractivity (Wildman–Crippen MR) is 100 cm³/mol. The Balaban J connectivity index is 0. The van der Waals surface area contributed by atoms with Gasteiger partial charge in [-0.05, 0) is 25.7 Å². The topological polar surface area (TPSA) is 77.4 Å². The molecule has 2 unspecified atom stereocenters. The van der Waals surface area contributed by atoms with E-state index in [2.05, 4.69) is 13.8 Å². The summed E-state index contributed by atoms with van der Waals surface area (Å²) in [6.45, 7) is 4.31. The molecule has 0 aromatic heterocycles. The molecule has 0 aromatic rings. The molecule has 4 nitrogen and oxygen atoms in total. The minimum Gasteiger partial charge on any atom is -0.748 e. The summed E-state index contributed by atoms with van der Waals surface area (Å²) in [7, 11) is -4.25. The number of rotatable bonds is 17. The molecule has 0 aromatic carbocycles. The zero-order valence-electron chi connectivity index (χ0n) is 16.8. The predicted octanol–water partition coefficient (Wildman–Crippen LogP) is 2.16. The van der Waals surface area contributed by atoms with Crippen molar-refractivity contribution in [2.45, 2.75) is 122 Å². The standard InChI is InChI=1S/C19H40O4S.Na/c1-3-5-7-8-9-10-11-13-15-19(24(21,22)23)17-16-18(20)14-12-6-4-2;/h18-20H,3-17H2,1-2H3,(H,21,22,23);/q;+1/p-1. The molecular formula is C19H39NaO4S. The second-order valence-electron chi connectivity index (χ2n) is 7.11. The van der Waals surface area contributed by atoms with Crippen LogP contribution in [0.15, 0.2) is 0 Å². The van der Waals surface area contributed by atoms with E-state index in [9.17, 15) is 18.1 Å². The molecule has 1 N–H and O–H groups in total. The normalized spacial score (nSPS) is 14.1. The first-order valence-corrected chi connectivity index (χ1v) is 11.5. The van der Waals surface area contributed by atoms with Gasteiger partial charge in [0.25, 0.3) is 0 Å². The molecule has 2 atom stereocenters. The summed E-state index contributed by atoms with van der Waals surface area (Å²) in [6.07, 6.45) is 13.7. The zero-order chi connectivity index (χ0) is 18.3. The summed E-state index contributed by atoms with van der Waals surface area (Å²) in [5.74, 6) is 0. The van der Waals surface area contributed by atoms with Crippen LogP contribution in [-0.2, 0) is 10.1 Å². The van der Waals surface area contributed by atoms with Crippen LogP contribution < -0.4 is 29.6 Å². The molecule has 0 aliphatic heterocycles. The number of aliphatic hydroxyl groups is 1. The van der Waals surface area contributed by atoms with Gasteiger partial charge in [-0.3, -0.25) is 0 Å². The van der Waals surface area contributed by atoms with Gasteiger partial charge < -0.3 is 9.66 Å². The van der Waals surface area contributed by atoms with Gasteiger partial charge in [0.05, 0.1) is 16.2 Å². The van der Waals surface area contributed by atoms with Crippen molar-refractivity contribution in [1.82, 2.24) is 0 Å². The van der Waals surface area contributed by atoms with Gasteiger partial charge in [0.2, 0.25) is 0 Å². The van der Waals surface area contributed by atoms with Crippen molar-refractivity contribution in [3.63, 3.8) is 0 Å². The van der Waals surface area contributed by atoms with Gasteiger partial charge in [0, 0.05) is 5.25 Å². The van der Waals surface area contributed by atoms with Crippen LogP contribution in [-0.4, -0.2) is 29.4 Å². The van der Waals surface area contributed by atoms with Gasteiger partial charge >= 0.3 is 29.6 Å². The van der Waals surface area contributed by atoms with Crippen molar-refractivity contribution in [2.75, 3.05) is 0 Å². The molecule has 6 heteroatoms. The van der Waals surface area contributed by atoms with Crippen LogP contribution in [0.5, 0.6) is 0 Å². The third-order valence-corrected chi connectivity index (χ3v) is 6.04. The fraction of sp³-hybridized carbons (Fsp3) is 1.00. The molecule has 0 rings (SSSR count). The maximum Gasteiger partial charge on any atom is 1.00 e. The Morgan fingerprint density at radius 2 is 1.16 bits per heavy atom. The Kier molecular flexibility index (Phi) is 20.5. The van der Waals surface area contributed by atoms with E-state index < -0.39 is 21.5 Å². The molecule has 0 amide bonds. The zero-order valence-corrected chi connectivity index (χ0v) is 19.7. The van der Waals surface area contributed by atoms with Crippen LogP contribution in [0.4, 0.5) is 0 Å². The van der Waals surface area contributed by atoms with Crippen molar-refractivity contribution in [1.29, 1.82) is 0 Å². The van der Waals surface area contributed by atoms with Crippen molar-refractivity contribution in [3.05, 3.63) is 0 Å². The fourth-order valence-electron chi connectivity index (χ4n) is 3.09. The molecule has 0 saturated carbocycles. The Bertz CT molecular complexity index is 374. The van der Waals surface area contributed by atoms with E-state index in [-0.39, 0.29) is 29.6 Å². The van der Waals surface area contributed by atoms with Gasteiger partial charge in [0.15, 0.2) is 0 Å². The van der Waals surface area contributed by atoms with E-state index in [1.807, 2.05) is 0 Å². The third-order valence-electron chi connectivity index (χ3n) is 4.75. The minimum atomic E-state index is -4.25. The Labute approximate surface area is 178 Å². The maximum absolute atomic E-state index is 11.4. The quantitative estimate of drug-likeness (QED) is 0.236. The molecule has 0 saturated heterocycles. The maximum atomic E-state index is 11.4. The third kappa shape index (κ3) is 18.0. The molecule has 25 heavy (non-hydrogen) atoms. The van der Waals surface area contributed by atoms with Crippen LogP contribution in [0, 0.1) is 0 Å². The second kappa shape index (κ2) is 18.2. The molecule has 0 aliphatic carbocycles. The number of hydrogen-bond acceptors (Lipinski definition) is 4. The van der Waals surface area contributed by atoms with Crippen molar-refractivity contribution < 1.29 is 47.6 Å². The van der Waals surface area contributed by atoms with Crippen LogP contribution in [0.25, 0.3) is 0 Å². The number of unbranched alkanes of at least 4 members (excludes halogenated alkanes) is 9. The largest absolute Gasteiger partial charge is 1.00 e. The molecule has 0 aliphatic rings. The summed E-state index contributed by atoms with van der Waals surface area (Å²) < 4.78 is 34.2. The van der Waals surface area contributed by atoms with Crippen LogP contribution in [0.2, 0.25) is 0 Å². The van der Waals surface area contributed by atoms with Crippen molar-refractivity contribution in [3.8, 4) is 0 Å². The summed E-state index contributed by atoms with van der Waals surface area (Å²) in [4.78, 5) is 0. The molecule has 146 valence electrons. The van der Waals surface area contributed by atoms with Crippen molar-refractivity contribution >= 4 is 10.1 Å². The smallest absolute Gasteiger partial charge is 0.748 e. The van der Waals surface area contributed by atoms with E-state index >= 15 is 0 Å². The minimum absolute atomic E-state index is 0. The number of hydrogen-bond donors (Lipinski definition) is 1. The SMILES string of the molecule is CCCCCCCCCCC(CCC(O)CCCCC)S(=O)(=O)[O-].[Na+]. The van der Waals surface area contributed by atoms with Crippen molar-refractivity contribution in [2.24, 2.45) is 0 Å². The van der Waals surface area contributed by atoms with Crippen LogP contribution >= 0.6 is 0 Å². The molecule has 0 fully saturated rings. The molecule has 0 radical (unpaired) electrons. The van der Waals surface area contributed by atoms with Gasteiger partial charge in [0.1, 0.15) is 0 Å². The molecule has 0 spiro atoms. The molecule has 0 heterocycles. The van der Waals surface area contributed by atoms with E-state index in [4.69, 9.17) is 0 Å². The van der Waals surface area contributed by atoms with Crippen LogP contribution in [0.1, 0.15) is 110 Å². The summed E-state index contributed by atoms with van der Waals surface area (Å²) in [5, 5.41) is 9.09. The Hall–Kier alpha value is 0.870. The summed E-state index contributed by atoms with van der Waals surface area (Å²) >= 11 is 0. The fourth-order valence-corrected chi connectivity index (χ4v) is 3.97. The average molecular weight is 387 g/mol. The Morgan fingerprint density at radius 1 is 0.720 bits per heavy atom. The molecular weight excluding hydrogens is 347 g/mol. The van der Waals surface area contributed by atoms with Gasteiger partial charge in [-0.2, -0.15) is 0 Å².